The van der Waals surface area contributed by atoms with Gasteiger partial charge in [-0.3, -0.25) is 4.79 Å². The van der Waals surface area contributed by atoms with Crippen LogP contribution in [-0.4, -0.2) is 12.4 Å². The van der Waals surface area contributed by atoms with Crippen molar-refractivity contribution in [3.63, 3.8) is 0 Å². The molecule has 3 rings (SSSR count). The Hall–Kier alpha value is -2.13. The molecule has 2 N–H and O–H groups in total. The molecule has 0 saturated carbocycles. The van der Waals surface area contributed by atoms with Crippen LogP contribution < -0.4 is 10.5 Å². The Morgan fingerprint density at radius 3 is 2.79 bits per heavy atom. The van der Waals surface area contributed by atoms with Crippen LogP contribution in [0, 0.1) is 0 Å². The van der Waals surface area contributed by atoms with Crippen LogP contribution in [0.2, 0.25) is 0 Å². The van der Waals surface area contributed by atoms with E-state index >= 15 is 0 Å². The van der Waals surface area contributed by atoms with Crippen LogP contribution in [0.25, 0.3) is 11.1 Å². The van der Waals surface area contributed by atoms with Crippen LogP contribution in [0.4, 0.5) is 0 Å². The van der Waals surface area contributed by atoms with Crippen molar-refractivity contribution in [1.29, 1.82) is 0 Å². The van der Waals surface area contributed by atoms with Crippen molar-refractivity contribution in [2.24, 2.45) is 5.73 Å². The molecule has 0 atom stereocenters. The highest BCUT2D eigenvalue weighted by atomic mass is 16.5. The number of ether oxygens (including phenoxy) is 1. The number of fused-ring (bicyclic) bond motifs is 1. The van der Waals surface area contributed by atoms with Gasteiger partial charge in [0.25, 0.3) is 0 Å². The standard InChI is InChI=1S/C16H15NO2/c17-10-12-3-1-2-4-13(12)11-5-6-14-15(18)7-8-19-16(14)9-11/h1-6,9H,7-8,10,17H2. The van der Waals surface area contributed by atoms with Crippen LogP contribution >= 0.6 is 0 Å². The van der Waals surface area contributed by atoms with Crippen LogP contribution in [0.15, 0.2) is 42.5 Å². The Labute approximate surface area is 112 Å². The van der Waals surface area contributed by atoms with Gasteiger partial charge in [-0.1, -0.05) is 30.3 Å². The van der Waals surface area contributed by atoms with E-state index in [-0.39, 0.29) is 5.78 Å². The first-order chi connectivity index (χ1) is 9.29. The van der Waals surface area contributed by atoms with Crippen LogP contribution in [-0.2, 0) is 6.54 Å². The molecule has 2 aromatic carbocycles. The van der Waals surface area contributed by atoms with Crippen molar-refractivity contribution in [1.82, 2.24) is 0 Å². The van der Waals surface area contributed by atoms with Crippen molar-refractivity contribution in [2.75, 3.05) is 6.61 Å². The third-order valence-electron chi connectivity index (χ3n) is 3.42. The monoisotopic (exact) mass is 253 g/mol. The highest BCUT2D eigenvalue weighted by Gasteiger charge is 2.19. The van der Waals surface area contributed by atoms with Crippen LogP contribution in [0.1, 0.15) is 22.3 Å². The smallest absolute Gasteiger partial charge is 0.169 e. The largest absolute Gasteiger partial charge is 0.492 e. The van der Waals surface area contributed by atoms with Crippen molar-refractivity contribution in [3.05, 3.63) is 53.6 Å². The van der Waals surface area contributed by atoms with E-state index in [4.69, 9.17) is 10.5 Å². The van der Waals surface area contributed by atoms with Crippen molar-refractivity contribution in [3.8, 4) is 16.9 Å². The number of benzene rings is 2. The minimum absolute atomic E-state index is 0.153. The first-order valence-corrected chi connectivity index (χ1v) is 6.38. The molecule has 1 aliphatic heterocycles. The molecule has 96 valence electrons. The van der Waals surface area contributed by atoms with Gasteiger partial charge in [0, 0.05) is 13.0 Å². The molecule has 0 unspecified atom stereocenters. The summed E-state index contributed by atoms with van der Waals surface area (Å²) in [6.07, 6.45) is 0.464. The summed E-state index contributed by atoms with van der Waals surface area (Å²) in [5, 5.41) is 0. The first kappa shape index (κ1) is 11.9. The third-order valence-corrected chi connectivity index (χ3v) is 3.42. The van der Waals surface area contributed by atoms with Gasteiger partial charge in [0.1, 0.15) is 5.75 Å². The average Bonchev–Trinajstić information content (AvgIpc) is 2.47. The van der Waals surface area contributed by atoms with E-state index in [2.05, 4.69) is 0 Å². The topological polar surface area (TPSA) is 52.3 Å². The van der Waals surface area contributed by atoms with Gasteiger partial charge in [0.2, 0.25) is 0 Å². The Kier molecular flexibility index (Phi) is 3.05. The average molecular weight is 253 g/mol. The molecule has 0 aromatic heterocycles. The summed E-state index contributed by atoms with van der Waals surface area (Å²) >= 11 is 0. The lowest BCUT2D eigenvalue weighted by atomic mass is 9.96. The molecule has 19 heavy (non-hydrogen) atoms. The molecule has 3 heteroatoms. The zero-order chi connectivity index (χ0) is 13.2. The highest BCUT2D eigenvalue weighted by Crippen LogP contribution is 2.32. The van der Waals surface area contributed by atoms with Gasteiger partial charge in [-0.05, 0) is 28.8 Å². The molecule has 0 radical (unpaired) electrons. The van der Waals surface area contributed by atoms with E-state index in [9.17, 15) is 4.79 Å². The number of Topliss-reactive ketones (excluding diaryl/α,β-unsaturated/α-hetero) is 1. The number of rotatable bonds is 2. The second-order valence-corrected chi connectivity index (χ2v) is 4.59. The summed E-state index contributed by atoms with van der Waals surface area (Å²) in [6.45, 7) is 0.959. The second kappa shape index (κ2) is 4.86. The quantitative estimate of drug-likeness (QED) is 0.895. The lowest BCUT2D eigenvalue weighted by Gasteiger charge is -2.17. The Morgan fingerprint density at radius 2 is 1.95 bits per heavy atom. The van der Waals surface area contributed by atoms with Gasteiger partial charge in [-0.25, -0.2) is 0 Å². The fourth-order valence-corrected chi connectivity index (χ4v) is 2.41. The maximum Gasteiger partial charge on any atom is 0.169 e. The SMILES string of the molecule is NCc1ccccc1-c1ccc2c(c1)OCCC2=O. The predicted molar refractivity (Wildman–Crippen MR) is 74.2 cm³/mol. The second-order valence-electron chi connectivity index (χ2n) is 4.59. The molecule has 3 nitrogen and oxygen atoms in total. The van der Waals surface area contributed by atoms with Gasteiger partial charge in [0.15, 0.2) is 5.78 Å². The van der Waals surface area contributed by atoms with E-state index in [1.54, 1.807) is 0 Å². The van der Waals surface area contributed by atoms with Gasteiger partial charge in [-0.2, -0.15) is 0 Å². The summed E-state index contributed by atoms with van der Waals surface area (Å²) in [7, 11) is 0. The van der Waals surface area contributed by atoms with Crippen molar-refractivity contribution in [2.45, 2.75) is 13.0 Å². The van der Waals surface area contributed by atoms with E-state index in [0.717, 1.165) is 16.7 Å². The summed E-state index contributed by atoms with van der Waals surface area (Å²) in [5.41, 5.74) is 9.66. The van der Waals surface area contributed by atoms with Gasteiger partial charge < -0.3 is 10.5 Å². The fraction of sp³-hybridized carbons (Fsp3) is 0.188. The lowest BCUT2D eigenvalue weighted by molar-refractivity contribution is 0.0933. The Bertz CT molecular complexity index is 634. The molecule has 1 aliphatic rings. The number of carbonyl (C=O) groups is 1. The van der Waals surface area contributed by atoms with Gasteiger partial charge in [0.05, 0.1) is 12.2 Å². The summed E-state index contributed by atoms with van der Waals surface area (Å²) in [5.74, 6) is 0.834. The lowest BCUT2D eigenvalue weighted by Crippen LogP contribution is -2.15. The van der Waals surface area contributed by atoms with Crippen molar-refractivity contribution >= 4 is 5.78 Å². The number of hydrogen-bond acceptors (Lipinski definition) is 3. The van der Waals surface area contributed by atoms with E-state index in [1.807, 2.05) is 42.5 Å². The fourth-order valence-electron chi connectivity index (χ4n) is 2.41. The minimum Gasteiger partial charge on any atom is -0.492 e. The number of hydrogen-bond donors (Lipinski definition) is 1. The summed E-state index contributed by atoms with van der Waals surface area (Å²) in [6, 6.07) is 13.7. The van der Waals surface area contributed by atoms with Crippen LogP contribution in [0.3, 0.4) is 0 Å². The molecule has 0 saturated heterocycles. The number of carbonyl (C=O) groups excluding carboxylic acids is 1. The Morgan fingerprint density at radius 1 is 1.11 bits per heavy atom. The molecular formula is C16H15NO2. The molecular weight excluding hydrogens is 238 g/mol. The Balaban J connectivity index is 2.09. The molecule has 0 bridgehead atoms. The maximum absolute atomic E-state index is 11.8. The van der Waals surface area contributed by atoms with Gasteiger partial charge in [-0.15, -0.1) is 0 Å². The first-order valence-electron chi connectivity index (χ1n) is 6.38. The molecule has 0 amide bonds. The molecule has 2 aromatic rings. The predicted octanol–water partition coefficient (Wildman–Crippen LogP) is 2.78. The van der Waals surface area contributed by atoms with E-state index < -0.39 is 0 Å². The summed E-state index contributed by atoms with van der Waals surface area (Å²) in [4.78, 5) is 11.8. The number of nitrogens with two attached hydrogens (primary N) is 1. The highest BCUT2D eigenvalue weighted by molar-refractivity contribution is 6.00. The van der Waals surface area contributed by atoms with E-state index in [0.29, 0.717) is 30.9 Å². The maximum atomic E-state index is 11.8. The normalized spacial score (nSPS) is 13.8. The summed E-state index contributed by atoms with van der Waals surface area (Å²) < 4.78 is 5.58. The minimum atomic E-state index is 0.153. The molecule has 0 fully saturated rings. The molecule has 1 heterocycles. The third kappa shape index (κ3) is 2.13. The van der Waals surface area contributed by atoms with Gasteiger partial charge >= 0.3 is 0 Å². The number of ketones is 1. The molecule has 0 spiro atoms. The molecule has 0 aliphatic carbocycles. The van der Waals surface area contributed by atoms with Crippen molar-refractivity contribution < 1.29 is 9.53 Å². The van der Waals surface area contributed by atoms with Crippen LogP contribution in [0.5, 0.6) is 5.75 Å². The van der Waals surface area contributed by atoms with E-state index in [1.165, 1.54) is 0 Å². The zero-order valence-corrected chi connectivity index (χ0v) is 10.6. The zero-order valence-electron chi connectivity index (χ0n) is 10.6.